The van der Waals surface area contributed by atoms with E-state index >= 15 is 0 Å². The van der Waals surface area contributed by atoms with Crippen molar-refractivity contribution >= 4 is 17.3 Å². The molecular weight excluding hydrogens is 339 g/mol. The summed E-state index contributed by atoms with van der Waals surface area (Å²) in [7, 11) is 1.73. The van der Waals surface area contributed by atoms with Crippen LogP contribution in [-0.2, 0) is 19.4 Å². The zero-order valence-electron chi connectivity index (χ0n) is 14.7. The number of carboxylic acid groups (broad SMARTS) is 1. The predicted octanol–water partition coefficient (Wildman–Crippen LogP) is 4.07. The highest BCUT2D eigenvalue weighted by atomic mass is 32.1. The fourth-order valence-electron chi connectivity index (χ4n) is 3.50. The van der Waals surface area contributed by atoms with Crippen molar-refractivity contribution in [3.05, 3.63) is 45.6 Å². The molecule has 0 saturated carbocycles. The average molecular weight is 362 g/mol. The number of rotatable bonds is 4. The molecule has 0 amide bonds. The molecule has 3 rings (SSSR count). The van der Waals surface area contributed by atoms with Gasteiger partial charge in [-0.25, -0.2) is 14.2 Å². The minimum absolute atomic E-state index is 0.0811. The van der Waals surface area contributed by atoms with Crippen LogP contribution in [0.5, 0.6) is 0 Å². The van der Waals surface area contributed by atoms with E-state index in [9.17, 15) is 14.3 Å². The fourth-order valence-corrected chi connectivity index (χ4v) is 4.86. The van der Waals surface area contributed by atoms with Crippen molar-refractivity contribution in [2.45, 2.75) is 39.7 Å². The van der Waals surface area contributed by atoms with Gasteiger partial charge in [0.05, 0.1) is 5.56 Å². The van der Waals surface area contributed by atoms with Crippen LogP contribution in [0, 0.1) is 11.2 Å². The number of hydrazine groups is 1. The van der Waals surface area contributed by atoms with Gasteiger partial charge < -0.3 is 5.11 Å². The number of thiophene rings is 1. The molecule has 1 aliphatic rings. The SMILES string of the molecule is CN(N)Cc1ccc(F)cc1-c1sc2c(c1C(=O)O)CC(C)(C)CC2. The summed E-state index contributed by atoms with van der Waals surface area (Å²) < 4.78 is 13.9. The van der Waals surface area contributed by atoms with Crippen LogP contribution in [0.4, 0.5) is 4.39 Å². The third-order valence-corrected chi connectivity index (χ3v) is 6.05. The molecule has 25 heavy (non-hydrogen) atoms. The lowest BCUT2D eigenvalue weighted by Crippen LogP contribution is -2.25. The van der Waals surface area contributed by atoms with E-state index in [-0.39, 0.29) is 11.2 Å². The number of benzene rings is 1. The number of hydrogen-bond acceptors (Lipinski definition) is 4. The summed E-state index contributed by atoms with van der Waals surface area (Å²) in [6.45, 7) is 4.74. The normalized spacial score (nSPS) is 16.1. The molecule has 0 saturated heterocycles. The van der Waals surface area contributed by atoms with Crippen LogP contribution in [0.3, 0.4) is 0 Å². The molecule has 1 aliphatic carbocycles. The first-order valence-electron chi connectivity index (χ1n) is 8.30. The van der Waals surface area contributed by atoms with Crippen molar-refractivity contribution in [1.82, 2.24) is 5.01 Å². The fraction of sp³-hybridized carbons (Fsp3) is 0.421. The van der Waals surface area contributed by atoms with Gasteiger partial charge in [-0.1, -0.05) is 19.9 Å². The molecule has 0 unspecified atom stereocenters. The highest BCUT2D eigenvalue weighted by molar-refractivity contribution is 7.16. The van der Waals surface area contributed by atoms with Gasteiger partial charge in [0.1, 0.15) is 5.82 Å². The van der Waals surface area contributed by atoms with Gasteiger partial charge in [0.15, 0.2) is 0 Å². The van der Waals surface area contributed by atoms with Crippen molar-refractivity contribution in [2.24, 2.45) is 11.3 Å². The summed E-state index contributed by atoms with van der Waals surface area (Å²) in [4.78, 5) is 13.8. The molecule has 4 nitrogen and oxygen atoms in total. The molecule has 0 fully saturated rings. The Kier molecular flexibility index (Phi) is 4.70. The summed E-state index contributed by atoms with van der Waals surface area (Å²) >= 11 is 1.49. The van der Waals surface area contributed by atoms with Crippen LogP contribution in [0.2, 0.25) is 0 Å². The Morgan fingerprint density at radius 2 is 2.16 bits per heavy atom. The number of halogens is 1. The number of aryl methyl sites for hydroxylation is 1. The highest BCUT2D eigenvalue weighted by Gasteiger charge is 2.33. The Morgan fingerprint density at radius 1 is 1.44 bits per heavy atom. The topological polar surface area (TPSA) is 66.6 Å². The second kappa shape index (κ2) is 6.52. The van der Waals surface area contributed by atoms with E-state index in [1.165, 1.54) is 28.5 Å². The molecule has 0 spiro atoms. The molecule has 0 bridgehead atoms. The summed E-state index contributed by atoms with van der Waals surface area (Å²) in [6.07, 6.45) is 2.64. The first kappa shape index (κ1) is 18.0. The number of nitrogens with two attached hydrogens (primary N) is 1. The second-order valence-corrected chi connectivity index (χ2v) is 8.68. The highest BCUT2D eigenvalue weighted by Crippen LogP contribution is 2.45. The number of aromatic carboxylic acids is 1. The van der Waals surface area contributed by atoms with Gasteiger partial charge in [-0.05, 0) is 53.5 Å². The lowest BCUT2D eigenvalue weighted by Gasteiger charge is -2.29. The zero-order valence-corrected chi connectivity index (χ0v) is 15.5. The maximum absolute atomic E-state index is 13.9. The van der Waals surface area contributed by atoms with E-state index < -0.39 is 5.97 Å². The van der Waals surface area contributed by atoms with Gasteiger partial charge in [-0.3, -0.25) is 5.84 Å². The lowest BCUT2D eigenvalue weighted by molar-refractivity contribution is 0.0696. The smallest absolute Gasteiger partial charge is 0.337 e. The maximum atomic E-state index is 13.9. The summed E-state index contributed by atoms with van der Waals surface area (Å²) in [5, 5.41) is 11.4. The van der Waals surface area contributed by atoms with Crippen molar-refractivity contribution in [3.63, 3.8) is 0 Å². The van der Waals surface area contributed by atoms with E-state index in [2.05, 4.69) is 13.8 Å². The van der Waals surface area contributed by atoms with Crippen LogP contribution in [0.1, 0.15) is 46.6 Å². The Hall–Kier alpha value is -1.76. The Balaban J connectivity index is 2.20. The third kappa shape index (κ3) is 3.61. The van der Waals surface area contributed by atoms with Crippen LogP contribution >= 0.6 is 11.3 Å². The van der Waals surface area contributed by atoms with Crippen LogP contribution < -0.4 is 5.84 Å². The monoisotopic (exact) mass is 362 g/mol. The molecule has 3 N–H and O–H groups in total. The zero-order chi connectivity index (χ0) is 18.4. The van der Waals surface area contributed by atoms with Crippen molar-refractivity contribution < 1.29 is 14.3 Å². The maximum Gasteiger partial charge on any atom is 0.337 e. The molecule has 0 aliphatic heterocycles. The number of carbonyl (C=O) groups is 1. The van der Waals surface area contributed by atoms with Crippen LogP contribution in [-0.4, -0.2) is 23.1 Å². The van der Waals surface area contributed by atoms with Gasteiger partial charge in [0.25, 0.3) is 0 Å². The molecule has 6 heteroatoms. The Morgan fingerprint density at radius 3 is 2.80 bits per heavy atom. The molecule has 2 aromatic rings. The molecule has 0 radical (unpaired) electrons. The summed E-state index contributed by atoms with van der Waals surface area (Å²) in [5.74, 6) is 4.45. The Bertz CT molecular complexity index is 827. The van der Waals surface area contributed by atoms with E-state index in [1.54, 1.807) is 13.1 Å². The summed E-state index contributed by atoms with van der Waals surface area (Å²) in [6, 6.07) is 4.50. The van der Waals surface area contributed by atoms with Crippen molar-refractivity contribution in [3.8, 4) is 10.4 Å². The van der Waals surface area contributed by atoms with E-state index in [0.717, 1.165) is 35.3 Å². The molecule has 1 aromatic carbocycles. The van der Waals surface area contributed by atoms with Crippen LogP contribution in [0.15, 0.2) is 18.2 Å². The van der Waals surface area contributed by atoms with Gasteiger partial charge in [0.2, 0.25) is 0 Å². The van der Waals surface area contributed by atoms with Gasteiger partial charge in [-0.15, -0.1) is 11.3 Å². The predicted molar refractivity (Wildman–Crippen MR) is 98.1 cm³/mol. The van der Waals surface area contributed by atoms with Crippen molar-refractivity contribution in [1.29, 1.82) is 0 Å². The van der Waals surface area contributed by atoms with Crippen molar-refractivity contribution in [2.75, 3.05) is 7.05 Å². The molecule has 0 atom stereocenters. The van der Waals surface area contributed by atoms with Gasteiger partial charge in [0, 0.05) is 23.3 Å². The van der Waals surface area contributed by atoms with E-state index in [0.29, 0.717) is 22.5 Å². The average Bonchev–Trinajstić information content (AvgIpc) is 2.85. The minimum Gasteiger partial charge on any atom is -0.478 e. The molecule has 1 heterocycles. The van der Waals surface area contributed by atoms with E-state index in [4.69, 9.17) is 5.84 Å². The first-order chi connectivity index (χ1) is 11.7. The number of fused-ring (bicyclic) bond motifs is 1. The first-order valence-corrected chi connectivity index (χ1v) is 9.12. The van der Waals surface area contributed by atoms with Gasteiger partial charge in [-0.2, -0.15) is 0 Å². The second-order valence-electron chi connectivity index (χ2n) is 7.57. The standard InChI is InChI=1S/C19H23FN2O2S/c1-19(2)7-6-15-14(9-19)16(18(23)24)17(25-15)13-8-12(20)5-4-11(13)10-22(3)21/h4-5,8H,6-7,9-10,21H2,1-3H3,(H,23,24). The molecule has 1 aromatic heterocycles. The Labute approximate surface area is 151 Å². The molecule has 134 valence electrons. The third-order valence-electron chi connectivity index (χ3n) is 4.73. The number of nitrogens with zero attached hydrogens (tertiary/aromatic N) is 1. The quantitative estimate of drug-likeness (QED) is 0.635. The van der Waals surface area contributed by atoms with E-state index in [1.807, 2.05) is 0 Å². The minimum atomic E-state index is -0.943. The lowest BCUT2D eigenvalue weighted by atomic mass is 9.76. The summed E-state index contributed by atoms with van der Waals surface area (Å²) in [5.41, 5.74) is 2.79. The van der Waals surface area contributed by atoms with Crippen LogP contribution in [0.25, 0.3) is 10.4 Å². The largest absolute Gasteiger partial charge is 0.478 e. The number of carboxylic acids is 1. The van der Waals surface area contributed by atoms with Gasteiger partial charge >= 0.3 is 5.97 Å². The number of hydrogen-bond donors (Lipinski definition) is 2. The molecular formula is C19H23FN2O2S.